The number of hydrogen-bond acceptors (Lipinski definition) is 2. The molecule has 0 fully saturated rings. The van der Waals surface area contributed by atoms with Gasteiger partial charge >= 0.3 is 0 Å². The average Bonchev–Trinajstić information content (AvgIpc) is 2.52. The zero-order chi connectivity index (χ0) is 15.2. The van der Waals surface area contributed by atoms with Crippen molar-refractivity contribution in [3.63, 3.8) is 0 Å². The van der Waals surface area contributed by atoms with Gasteiger partial charge in [0.05, 0.1) is 7.11 Å². The molecule has 0 aliphatic carbocycles. The molecule has 1 unspecified atom stereocenters. The van der Waals surface area contributed by atoms with Crippen LogP contribution in [0.5, 0.6) is 5.75 Å². The quantitative estimate of drug-likeness (QED) is 0.796. The van der Waals surface area contributed by atoms with Gasteiger partial charge in [0.2, 0.25) is 0 Å². The van der Waals surface area contributed by atoms with Crippen molar-refractivity contribution in [2.24, 2.45) is 0 Å². The number of halogens is 1. The summed E-state index contributed by atoms with van der Waals surface area (Å²) in [7, 11) is 1.69. The van der Waals surface area contributed by atoms with Crippen LogP contribution in [-0.4, -0.2) is 7.11 Å². The highest BCUT2D eigenvalue weighted by Gasteiger charge is 2.14. The van der Waals surface area contributed by atoms with E-state index in [2.05, 4.69) is 37.4 Å². The van der Waals surface area contributed by atoms with Crippen LogP contribution >= 0.6 is 11.6 Å². The minimum atomic E-state index is 0.246. The van der Waals surface area contributed by atoms with Crippen LogP contribution in [0.25, 0.3) is 0 Å². The Balaban J connectivity index is 2.10. The van der Waals surface area contributed by atoms with Crippen molar-refractivity contribution in [2.45, 2.75) is 32.4 Å². The number of ether oxygens (including phenoxy) is 1. The number of benzene rings is 2. The van der Waals surface area contributed by atoms with Gasteiger partial charge in [-0.15, -0.1) is 0 Å². The summed E-state index contributed by atoms with van der Waals surface area (Å²) in [6.07, 6.45) is 1.03. The molecule has 0 heterocycles. The molecule has 0 aliphatic heterocycles. The lowest BCUT2D eigenvalue weighted by atomic mass is 10.0. The molecule has 1 N–H and O–H groups in total. The lowest BCUT2D eigenvalue weighted by molar-refractivity contribution is 0.413. The maximum atomic E-state index is 6.07. The van der Waals surface area contributed by atoms with Crippen LogP contribution in [-0.2, 0) is 0 Å². The van der Waals surface area contributed by atoms with Crippen molar-refractivity contribution in [3.05, 3.63) is 64.7 Å². The zero-order valence-corrected chi connectivity index (χ0v) is 13.5. The average molecular weight is 304 g/mol. The third-order valence-electron chi connectivity index (χ3n) is 3.73. The van der Waals surface area contributed by atoms with Gasteiger partial charge in [0.25, 0.3) is 0 Å². The lowest BCUT2D eigenvalue weighted by Crippen LogP contribution is -2.24. The molecule has 0 aromatic heterocycles. The van der Waals surface area contributed by atoms with Crippen LogP contribution in [0.3, 0.4) is 0 Å². The Morgan fingerprint density at radius 3 is 2.38 bits per heavy atom. The van der Waals surface area contributed by atoms with Crippen LogP contribution in [0.15, 0.2) is 48.5 Å². The second-order valence-corrected chi connectivity index (χ2v) is 5.61. The van der Waals surface area contributed by atoms with Crippen molar-refractivity contribution in [3.8, 4) is 5.75 Å². The van der Waals surface area contributed by atoms with Gasteiger partial charge in [-0.3, -0.25) is 0 Å². The fourth-order valence-electron chi connectivity index (χ4n) is 2.46. The van der Waals surface area contributed by atoms with E-state index in [4.69, 9.17) is 16.3 Å². The van der Waals surface area contributed by atoms with Crippen molar-refractivity contribution in [1.82, 2.24) is 5.32 Å². The van der Waals surface area contributed by atoms with Gasteiger partial charge in [0, 0.05) is 17.1 Å². The fourth-order valence-corrected chi connectivity index (χ4v) is 2.66. The Bertz CT molecular complexity index is 568. The number of hydrogen-bond donors (Lipinski definition) is 1. The summed E-state index contributed by atoms with van der Waals surface area (Å²) in [5.74, 6) is 0.886. The van der Waals surface area contributed by atoms with E-state index in [0.717, 1.165) is 17.2 Å². The zero-order valence-electron chi connectivity index (χ0n) is 12.8. The smallest absolute Gasteiger partial charge is 0.118 e. The second-order valence-electron chi connectivity index (χ2n) is 5.18. The summed E-state index contributed by atoms with van der Waals surface area (Å²) in [5.41, 5.74) is 2.47. The second kappa shape index (κ2) is 7.48. The van der Waals surface area contributed by atoms with E-state index in [1.165, 1.54) is 11.1 Å². The molecule has 0 spiro atoms. The molecule has 2 aromatic carbocycles. The van der Waals surface area contributed by atoms with Gasteiger partial charge < -0.3 is 10.1 Å². The van der Waals surface area contributed by atoms with E-state index in [9.17, 15) is 0 Å². The summed E-state index contributed by atoms with van der Waals surface area (Å²) in [4.78, 5) is 0. The highest BCUT2D eigenvalue weighted by Crippen LogP contribution is 2.25. The van der Waals surface area contributed by atoms with E-state index in [1.807, 2.05) is 30.3 Å². The molecule has 0 bridgehead atoms. The van der Waals surface area contributed by atoms with Crippen LogP contribution in [0, 0.1) is 0 Å². The molecule has 0 saturated heterocycles. The predicted molar refractivity (Wildman–Crippen MR) is 89.0 cm³/mol. The van der Waals surface area contributed by atoms with Gasteiger partial charge in [-0.1, -0.05) is 42.8 Å². The fraction of sp³-hybridized carbons (Fsp3) is 0.333. The van der Waals surface area contributed by atoms with Crippen LogP contribution < -0.4 is 10.1 Å². The standard InChI is InChI=1S/C18H22ClNO/c1-4-18(14-8-10-17(21-3)11-9-14)20-13(2)15-6-5-7-16(19)12-15/h5-13,18,20H,4H2,1-3H3/t13-,18?/m0/s1. The number of nitrogens with one attached hydrogen (secondary N) is 1. The Kier molecular flexibility index (Phi) is 5.66. The first-order valence-corrected chi connectivity index (χ1v) is 7.67. The Labute approximate surface area is 132 Å². The van der Waals surface area contributed by atoms with Gasteiger partial charge in [0.1, 0.15) is 5.75 Å². The third-order valence-corrected chi connectivity index (χ3v) is 3.96. The Morgan fingerprint density at radius 1 is 1.10 bits per heavy atom. The Hall–Kier alpha value is -1.51. The first-order valence-electron chi connectivity index (χ1n) is 7.29. The number of methoxy groups -OCH3 is 1. The molecule has 21 heavy (non-hydrogen) atoms. The molecular formula is C18H22ClNO. The van der Waals surface area contributed by atoms with E-state index < -0.39 is 0 Å². The van der Waals surface area contributed by atoms with Crippen LogP contribution in [0.4, 0.5) is 0 Å². The van der Waals surface area contributed by atoms with E-state index >= 15 is 0 Å². The summed E-state index contributed by atoms with van der Waals surface area (Å²) in [6.45, 7) is 4.35. The topological polar surface area (TPSA) is 21.3 Å². The van der Waals surface area contributed by atoms with Crippen molar-refractivity contribution in [1.29, 1.82) is 0 Å². The molecule has 0 saturated carbocycles. The molecular weight excluding hydrogens is 282 g/mol. The van der Waals surface area contributed by atoms with Crippen molar-refractivity contribution in [2.75, 3.05) is 7.11 Å². The van der Waals surface area contributed by atoms with Crippen molar-refractivity contribution < 1.29 is 4.74 Å². The number of rotatable bonds is 6. The normalized spacial score (nSPS) is 13.7. The first kappa shape index (κ1) is 15.9. The lowest BCUT2D eigenvalue weighted by Gasteiger charge is -2.23. The molecule has 0 radical (unpaired) electrons. The first-order chi connectivity index (χ1) is 10.1. The molecule has 112 valence electrons. The maximum absolute atomic E-state index is 6.07. The van der Waals surface area contributed by atoms with Gasteiger partial charge in [0.15, 0.2) is 0 Å². The molecule has 3 heteroatoms. The highest BCUT2D eigenvalue weighted by atomic mass is 35.5. The summed E-state index contributed by atoms with van der Waals surface area (Å²) in [6, 6.07) is 16.8. The molecule has 2 rings (SSSR count). The van der Waals surface area contributed by atoms with Crippen LogP contribution in [0.1, 0.15) is 43.5 Å². The highest BCUT2D eigenvalue weighted by molar-refractivity contribution is 6.30. The summed E-state index contributed by atoms with van der Waals surface area (Å²) >= 11 is 6.07. The van der Waals surface area contributed by atoms with E-state index in [-0.39, 0.29) is 6.04 Å². The summed E-state index contributed by atoms with van der Waals surface area (Å²) < 4.78 is 5.21. The molecule has 0 amide bonds. The third kappa shape index (κ3) is 4.23. The minimum absolute atomic E-state index is 0.246. The molecule has 2 atom stereocenters. The van der Waals surface area contributed by atoms with E-state index in [0.29, 0.717) is 6.04 Å². The maximum Gasteiger partial charge on any atom is 0.118 e. The van der Waals surface area contributed by atoms with Crippen LogP contribution in [0.2, 0.25) is 5.02 Å². The summed E-state index contributed by atoms with van der Waals surface area (Å²) in [5, 5.41) is 4.44. The van der Waals surface area contributed by atoms with Crippen molar-refractivity contribution >= 4 is 11.6 Å². The molecule has 0 aliphatic rings. The largest absolute Gasteiger partial charge is 0.497 e. The van der Waals surface area contributed by atoms with Gasteiger partial charge in [-0.05, 0) is 48.7 Å². The molecule has 2 nitrogen and oxygen atoms in total. The SMILES string of the molecule is CCC(N[C@@H](C)c1cccc(Cl)c1)c1ccc(OC)cc1. The Morgan fingerprint density at radius 2 is 1.81 bits per heavy atom. The molecule has 2 aromatic rings. The minimum Gasteiger partial charge on any atom is -0.497 e. The van der Waals surface area contributed by atoms with Gasteiger partial charge in [-0.25, -0.2) is 0 Å². The monoisotopic (exact) mass is 303 g/mol. The van der Waals surface area contributed by atoms with Gasteiger partial charge in [-0.2, -0.15) is 0 Å². The predicted octanol–water partition coefficient (Wildman–Crippen LogP) is 5.15. The van der Waals surface area contributed by atoms with E-state index in [1.54, 1.807) is 7.11 Å².